The molecule has 2 atom stereocenters. The Hall–Kier alpha value is -0.0400. The van der Waals surface area contributed by atoms with Gasteiger partial charge in [-0.2, -0.15) is 4.31 Å². The molecule has 2 fully saturated rings. The van der Waals surface area contributed by atoms with Crippen LogP contribution in [0.25, 0.3) is 0 Å². The van der Waals surface area contributed by atoms with Gasteiger partial charge in [-0.3, -0.25) is 0 Å². The molecule has 0 aromatic heterocycles. The Labute approximate surface area is 173 Å². The molecular weight excluding hydrogens is 415 g/mol. The van der Waals surface area contributed by atoms with Crippen LogP contribution in [0.2, 0.25) is 10.0 Å². The smallest absolute Gasteiger partial charge is 0.243 e. The summed E-state index contributed by atoms with van der Waals surface area (Å²) < 4.78 is 27.4. The predicted molar refractivity (Wildman–Crippen MR) is 110 cm³/mol. The first-order chi connectivity index (χ1) is 11.8. The normalized spacial score (nSPS) is 25.4. The van der Waals surface area contributed by atoms with Crippen molar-refractivity contribution in [2.45, 2.75) is 56.0 Å². The number of rotatable bonds is 4. The largest absolute Gasteiger partial charge is 0.300 e. The fraction of sp³-hybridized carbons (Fsp3) is 0.667. The third kappa shape index (κ3) is 4.86. The second-order valence-corrected chi connectivity index (χ2v) is 10.3. The highest BCUT2D eigenvalue weighted by Crippen LogP contribution is 2.33. The van der Waals surface area contributed by atoms with Crippen LogP contribution in [0.1, 0.15) is 39.0 Å². The van der Waals surface area contributed by atoms with Crippen LogP contribution in [-0.4, -0.2) is 49.8 Å². The average Bonchev–Trinajstić information content (AvgIpc) is 3.03. The first kappa shape index (κ1) is 22.3. The van der Waals surface area contributed by atoms with Gasteiger partial charge in [0.15, 0.2) is 0 Å². The molecule has 0 amide bonds. The number of piperidine rings is 1. The van der Waals surface area contributed by atoms with E-state index in [2.05, 4.69) is 11.8 Å². The summed E-state index contributed by atoms with van der Waals surface area (Å²) in [6, 6.07) is 5.02. The van der Waals surface area contributed by atoms with Crippen molar-refractivity contribution in [1.29, 1.82) is 0 Å². The number of sulfonamides is 1. The maximum Gasteiger partial charge on any atom is 0.243 e. The maximum atomic E-state index is 12.9. The minimum Gasteiger partial charge on any atom is -0.300 e. The molecule has 2 aliphatic rings. The van der Waals surface area contributed by atoms with Crippen LogP contribution in [0, 0.1) is 5.92 Å². The van der Waals surface area contributed by atoms with Crippen molar-refractivity contribution in [2.75, 3.05) is 20.1 Å². The maximum absolute atomic E-state index is 12.9. The topological polar surface area (TPSA) is 40.6 Å². The van der Waals surface area contributed by atoms with E-state index in [4.69, 9.17) is 23.2 Å². The molecule has 26 heavy (non-hydrogen) atoms. The summed E-state index contributed by atoms with van der Waals surface area (Å²) in [4.78, 5) is 2.72. The number of likely N-dealkylation sites (tertiary alicyclic amines) is 1. The van der Waals surface area contributed by atoms with Crippen LogP contribution in [0.4, 0.5) is 0 Å². The molecule has 1 aromatic rings. The molecule has 1 aromatic carbocycles. The molecule has 1 heterocycles. The zero-order chi connectivity index (χ0) is 18.2. The van der Waals surface area contributed by atoms with Crippen molar-refractivity contribution in [2.24, 2.45) is 5.92 Å². The highest BCUT2D eigenvalue weighted by atomic mass is 35.5. The van der Waals surface area contributed by atoms with Crippen LogP contribution in [0.5, 0.6) is 0 Å². The summed E-state index contributed by atoms with van der Waals surface area (Å²) in [6.45, 7) is 4.59. The Morgan fingerprint density at radius 2 is 1.62 bits per heavy atom. The van der Waals surface area contributed by atoms with E-state index < -0.39 is 10.0 Å². The molecule has 0 N–H and O–H groups in total. The van der Waals surface area contributed by atoms with Crippen LogP contribution in [0.3, 0.4) is 0 Å². The number of hydrogen-bond acceptors (Lipinski definition) is 3. The molecule has 8 heteroatoms. The average molecular weight is 442 g/mol. The van der Waals surface area contributed by atoms with Crippen molar-refractivity contribution in [3.05, 3.63) is 28.2 Å². The molecule has 4 nitrogen and oxygen atoms in total. The summed E-state index contributed by atoms with van der Waals surface area (Å²) in [7, 11) is -1.91. The first-order valence-electron chi connectivity index (χ1n) is 8.95. The minimum atomic E-state index is -3.58. The summed E-state index contributed by atoms with van der Waals surface area (Å²) in [5, 5.41) is 0.678. The van der Waals surface area contributed by atoms with Gasteiger partial charge in [-0.15, -0.1) is 12.4 Å². The van der Waals surface area contributed by atoms with Gasteiger partial charge in [0, 0.05) is 29.2 Å². The Kier molecular flexibility index (Phi) is 7.68. The highest BCUT2D eigenvalue weighted by Gasteiger charge is 2.37. The Bertz CT molecular complexity index is 701. The molecular formula is C18H27Cl3N2O2S. The van der Waals surface area contributed by atoms with E-state index in [0.717, 1.165) is 38.3 Å². The quantitative estimate of drug-likeness (QED) is 0.680. The molecule has 1 saturated carbocycles. The van der Waals surface area contributed by atoms with Gasteiger partial charge in [-0.25, -0.2) is 8.42 Å². The van der Waals surface area contributed by atoms with Crippen molar-refractivity contribution in [1.82, 2.24) is 9.21 Å². The van der Waals surface area contributed by atoms with Gasteiger partial charge in [-0.1, -0.05) is 30.1 Å². The van der Waals surface area contributed by atoms with Crippen molar-refractivity contribution < 1.29 is 8.42 Å². The molecule has 1 aliphatic carbocycles. The van der Waals surface area contributed by atoms with Gasteiger partial charge in [0.2, 0.25) is 10.0 Å². The molecule has 148 valence electrons. The monoisotopic (exact) mass is 440 g/mol. The van der Waals surface area contributed by atoms with Gasteiger partial charge in [0.25, 0.3) is 0 Å². The van der Waals surface area contributed by atoms with E-state index in [0.29, 0.717) is 16.1 Å². The van der Waals surface area contributed by atoms with Crippen LogP contribution in [-0.2, 0) is 10.0 Å². The van der Waals surface area contributed by atoms with E-state index in [1.54, 1.807) is 13.1 Å². The van der Waals surface area contributed by atoms with Crippen LogP contribution < -0.4 is 0 Å². The SMILES string of the molecule is CC1CCN([C@@H]2CC[C@H](N(C)S(=O)(=O)c3cc(Cl)cc(Cl)c3)C2)CC1.Cl. The zero-order valence-corrected chi connectivity index (χ0v) is 18.3. The fourth-order valence-corrected chi connectivity index (χ4v) is 6.15. The molecule has 1 saturated heterocycles. The van der Waals surface area contributed by atoms with Crippen LogP contribution in [0.15, 0.2) is 23.1 Å². The molecule has 0 spiro atoms. The van der Waals surface area contributed by atoms with E-state index >= 15 is 0 Å². The van der Waals surface area contributed by atoms with Gasteiger partial charge < -0.3 is 4.90 Å². The molecule has 0 radical (unpaired) electrons. The lowest BCUT2D eigenvalue weighted by atomic mass is 9.97. The first-order valence-corrected chi connectivity index (χ1v) is 11.1. The van der Waals surface area contributed by atoms with Crippen molar-refractivity contribution in [3.63, 3.8) is 0 Å². The summed E-state index contributed by atoms with van der Waals surface area (Å²) in [5.74, 6) is 0.809. The fourth-order valence-electron chi connectivity index (χ4n) is 4.03. The zero-order valence-electron chi connectivity index (χ0n) is 15.2. The second kappa shape index (κ2) is 8.97. The second-order valence-electron chi connectivity index (χ2n) is 7.47. The lowest BCUT2D eigenvalue weighted by molar-refractivity contribution is 0.136. The Morgan fingerprint density at radius 1 is 1.04 bits per heavy atom. The van der Waals surface area contributed by atoms with E-state index in [9.17, 15) is 8.42 Å². The van der Waals surface area contributed by atoms with Crippen LogP contribution >= 0.6 is 35.6 Å². The predicted octanol–water partition coefficient (Wildman–Crippen LogP) is 4.69. The third-order valence-electron chi connectivity index (χ3n) is 5.74. The lowest BCUT2D eigenvalue weighted by Gasteiger charge is -2.35. The van der Waals surface area contributed by atoms with Gasteiger partial charge >= 0.3 is 0 Å². The highest BCUT2D eigenvalue weighted by molar-refractivity contribution is 7.89. The number of benzene rings is 1. The van der Waals surface area contributed by atoms with Gasteiger partial charge in [0.1, 0.15) is 0 Å². The molecule has 0 unspecified atom stereocenters. The number of nitrogens with zero attached hydrogens (tertiary/aromatic N) is 2. The molecule has 1 aliphatic heterocycles. The summed E-state index contributed by atoms with van der Waals surface area (Å²) in [6.07, 6.45) is 5.36. The third-order valence-corrected chi connectivity index (χ3v) is 8.06. The molecule has 3 rings (SSSR count). The van der Waals surface area contributed by atoms with Gasteiger partial charge in [-0.05, 0) is 69.3 Å². The number of halogens is 3. The molecule has 0 bridgehead atoms. The summed E-state index contributed by atoms with van der Waals surface area (Å²) >= 11 is 12.0. The lowest BCUT2D eigenvalue weighted by Crippen LogP contribution is -2.41. The van der Waals surface area contributed by atoms with Crippen molar-refractivity contribution in [3.8, 4) is 0 Å². The van der Waals surface area contributed by atoms with E-state index in [1.807, 2.05) is 0 Å². The van der Waals surface area contributed by atoms with E-state index in [-0.39, 0.29) is 23.3 Å². The van der Waals surface area contributed by atoms with Gasteiger partial charge in [0.05, 0.1) is 4.90 Å². The van der Waals surface area contributed by atoms with E-state index in [1.165, 1.54) is 29.3 Å². The Morgan fingerprint density at radius 3 is 2.19 bits per heavy atom. The number of hydrogen-bond donors (Lipinski definition) is 0. The Balaban J connectivity index is 0.00000243. The summed E-state index contributed by atoms with van der Waals surface area (Å²) in [5.41, 5.74) is 0. The van der Waals surface area contributed by atoms with Crippen molar-refractivity contribution >= 4 is 45.6 Å². The standard InChI is InChI=1S/C18H26Cl2N2O2S.ClH/c1-13-5-7-22(8-6-13)17-4-3-16(12-17)21(2)25(23,24)18-10-14(19)9-15(20)11-18;/h9-11,13,16-17H,3-8,12H2,1-2H3;1H/t16-,17+;/m0./s1. The minimum absolute atomic E-state index is 0.